The zero-order valence-electron chi connectivity index (χ0n) is 8.27. The van der Waals surface area contributed by atoms with Crippen LogP contribution in [0.1, 0.15) is 5.56 Å². The van der Waals surface area contributed by atoms with Crippen LogP contribution in [0.3, 0.4) is 0 Å². The Bertz CT molecular complexity index is 546. The number of nitriles is 1. The zero-order chi connectivity index (χ0) is 12.2. The zero-order valence-corrected chi connectivity index (χ0v) is 9.85. The predicted octanol–water partition coefficient (Wildman–Crippen LogP) is 1.68. The summed E-state index contributed by atoms with van der Waals surface area (Å²) in [4.78, 5) is -0.102. The van der Waals surface area contributed by atoms with Gasteiger partial charge >= 0.3 is 0 Å². The molecule has 84 valence electrons. The maximum atomic E-state index is 11.7. The van der Waals surface area contributed by atoms with Gasteiger partial charge in [0.1, 0.15) is 4.90 Å². The molecule has 0 amide bonds. The van der Waals surface area contributed by atoms with Gasteiger partial charge in [-0.05, 0) is 18.2 Å². The van der Waals surface area contributed by atoms with Crippen LogP contribution in [0.4, 0.5) is 0 Å². The van der Waals surface area contributed by atoms with Crippen LogP contribution in [-0.2, 0) is 10.0 Å². The second-order valence-corrected chi connectivity index (χ2v) is 5.04. The van der Waals surface area contributed by atoms with Crippen LogP contribution in [0.15, 0.2) is 35.7 Å². The lowest BCUT2D eigenvalue weighted by Crippen LogP contribution is -2.24. The topological polar surface area (TPSA) is 70.0 Å². The molecule has 0 aliphatic carbocycles. The van der Waals surface area contributed by atoms with Gasteiger partial charge in [0.2, 0.25) is 10.0 Å². The lowest BCUT2D eigenvalue weighted by molar-refractivity contribution is 0.585. The largest absolute Gasteiger partial charge is 0.242 e. The molecule has 1 aromatic carbocycles. The van der Waals surface area contributed by atoms with Gasteiger partial charge in [0.05, 0.1) is 16.7 Å². The van der Waals surface area contributed by atoms with Crippen molar-refractivity contribution in [3.8, 4) is 6.07 Å². The maximum absolute atomic E-state index is 11.7. The minimum absolute atomic E-state index is 0.0792. The number of rotatable bonds is 4. The van der Waals surface area contributed by atoms with E-state index in [9.17, 15) is 8.42 Å². The standard InChI is InChI=1S/C10H9ClN2O2S/c1-2-5-13-16(14,15)10-6-8(7-12)3-4-9(10)11/h2-4,6,13H,1,5H2. The number of hydrogen-bond donors (Lipinski definition) is 1. The molecule has 0 unspecified atom stereocenters. The molecule has 0 atom stereocenters. The summed E-state index contributed by atoms with van der Waals surface area (Å²) in [5.74, 6) is 0. The molecule has 0 aliphatic heterocycles. The second kappa shape index (κ2) is 5.12. The summed E-state index contributed by atoms with van der Waals surface area (Å²) in [7, 11) is -3.69. The van der Waals surface area contributed by atoms with Crippen LogP contribution in [0.25, 0.3) is 0 Å². The van der Waals surface area contributed by atoms with Crippen molar-refractivity contribution in [1.29, 1.82) is 5.26 Å². The predicted molar refractivity (Wildman–Crippen MR) is 61.6 cm³/mol. The first-order valence-corrected chi connectivity index (χ1v) is 6.17. The lowest BCUT2D eigenvalue weighted by Gasteiger charge is -2.06. The number of sulfonamides is 1. The normalized spacial score (nSPS) is 10.8. The van der Waals surface area contributed by atoms with Gasteiger partial charge in [0.25, 0.3) is 0 Å². The van der Waals surface area contributed by atoms with Crippen molar-refractivity contribution < 1.29 is 8.42 Å². The molecule has 0 aliphatic rings. The Hall–Kier alpha value is -1.35. The van der Waals surface area contributed by atoms with Crippen LogP contribution in [-0.4, -0.2) is 15.0 Å². The van der Waals surface area contributed by atoms with Crippen LogP contribution < -0.4 is 4.72 Å². The molecular formula is C10H9ClN2O2S. The van der Waals surface area contributed by atoms with Crippen molar-refractivity contribution in [2.24, 2.45) is 0 Å². The van der Waals surface area contributed by atoms with E-state index in [1.807, 2.05) is 6.07 Å². The number of nitrogens with zero attached hydrogens (tertiary/aromatic N) is 1. The van der Waals surface area contributed by atoms with Crippen LogP contribution in [0.2, 0.25) is 5.02 Å². The van der Waals surface area contributed by atoms with E-state index in [0.29, 0.717) is 0 Å². The third kappa shape index (κ3) is 2.83. The van der Waals surface area contributed by atoms with E-state index >= 15 is 0 Å². The third-order valence-corrected chi connectivity index (χ3v) is 3.67. The molecule has 4 nitrogen and oxygen atoms in total. The summed E-state index contributed by atoms with van der Waals surface area (Å²) in [6.45, 7) is 3.51. The molecule has 0 bridgehead atoms. The van der Waals surface area contributed by atoms with Crippen LogP contribution in [0, 0.1) is 11.3 Å². The lowest BCUT2D eigenvalue weighted by atomic mass is 10.2. The number of hydrogen-bond acceptors (Lipinski definition) is 3. The molecule has 0 heterocycles. The first-order chi connectivity index (χ1) is 7.51. The summed E-state index contributed by atoms with van der Waals surface area (Å²) >= 11 is 5.76. The highest BCUT2D eigenvalue weighted by atomic mass is 35.5. The van der Waals surface area contributed by atoms with Crippen LogP contribution in [0.5, 0.6) is 0 Å². The number of benzene rings is 1. The molecule has 0 saturated carbocycles. The van der Waals surface area contributed by atoms with Gasteiger partial charge in [-0.1, -0.05) is 17.7 Å². The Morgan fingerprint density at radius 1 is 1.56 bits per heavy atom. The number of halogens is 1. The van der Waals surface area contributed by atoms with E-state index < -0.39 is 10.0 Å². The molecule has 6 heteroatoms. The van der Waals surface area contributed by atoms with Gasteiger partial charge in [-0.2, -0.15) is 5.26 Å². The van der Waals surface area contributed by atoms with E-state index in [-0.39, 0.29) is 22.0 Å². The quantitative estimate of drug-likeness (QED) is 0.833. The van der Waals surface area contributed by atoms with E-state index in [1.165, 1.54) is 24.3 Å². The highest BCUT2D eigenvalue weighted by Crippen LogP contribution is 2.22. The number of nitrogens with one attached hydrogen (secondary N) is 1. The maximum Gasteiger partial charge on any atom is 0.242 e. The molecule has 0 spiro atoms. The molecule has 0 fully saturated rings. The summed E-state index contributed by atoms with van der Waals surface area (Å²) in [5.41, 5.74) is 0.239. The first-order valence-electron chi connectivity index (χ1n) is 4.31. The molecular weight excluding hydrogens is 248 g/mol. The highest BCUT2D eigenvalue weighted by Gasteiger charge is 2.17. The van der Waals surface area contributed by atoms with Gasteiger partial charge < -0.3 is 0 Å². The molecule has 0 saturated heterocycles. The second-order valence-electron chi connectivity index (χ2n) is 2.90. The van der Waals surface area contributed by atoms with Gasteiger partial charge in [-0.3, -0.25) is 0 Å². The van der Waals surface area contributed by atoms with Crippen LogP contribution >= 0.6 is 11.6 Å². The molecule has 16 heavy (non-hydrogen) atoms. The van der Waals surface area contributed by atoms with Gasteiger partial charge in [0, 0.05) is 6.54 Å². The smallest absolute Gasteiger partial charge is 0.207 e. The van der Waals surface area contributed by atoms with E-state index in [1.54, 1.807) is 0 Å². The average molecular weight is 257 g/mol. The van der Waals surface area contributed by atoms with E-state index in [2.05, 4.69) is 11.3 Å². The Morgan fingerprint density at radius 2 is 2.25 bits per heavy atom. The SMILES string of the molecule is C=CCNS(=O)(=O)c1cc(C#N)ccc1Cl. The van der Waals surface area contributed by atoms with Gasteiger partial charge in [-0.15, -0.1) is 6.58 Å². The minimum atomic E-state index is -3.69. The van der Waals surface area contributed by atoms with Crippen molar-refractivity contribution >= 4 is 21.6 Å². The molecule has 0 aromatic heterocycles. The summed E-state index contributed by atoms with van der Waals surface area (Å²) in [6.07, 6.45) is 1.42. The fourth-order valence-corrected chi connectivity index (χ4v) is 2.55. The third-order valence-electron chi connectivity index (χ3n) is 1.77. The molecule has 1 rings (SSSR count). The summed E-state index contributed by atoms with van der Waals surface area (Å²) in [5, 5.41) is 8.75. The first kappa shape index (κ1) is 12.7. The van der Waals surface area contributed by atoms with E-state index in [4.69, 9.17) is 16.9 Å². The monoisotopic (exact) mass is 256 g/mol. The molecule has 0 radical (unpaired) electrons. The Balaban J connectivity index is 3.22. The highest BCUT2D eigenvalue weighted by molar-refractivity contribution is 7.89. The Morgan fingerprint density at radius 3 is 2.81 bits per heavy atom. The van der Waals surface area contributed by atoms with Crippen molar-refractivity contribution in [1.82, 2.24) is 4.72 Å². The fraction of sp³-hybridized carbons (Fsp3) is 0.100. The molecule has 1 aromatic rings. The van der Waals surface area contributed by atoms with Crippen molar-refractivity contribution in [2.45, 2.75) is 4.90 Å². The average Bonchev–Trinajstić information content (AvgIpc) is 2.27. The fourth-order valence-electron chi connectivity index (χ4n) is 1.03. The Kier molecular flexibility index (Phi) is 4.07. The van der Waals surface area contributed by atoms with Crippen molar-refractivity contribution in [3.05, 3.63) is 41.4 Å². The van der Waals surface area contributed by atoms with Gasteiger partial charge in [-0.25, -0.2) is 13.1 Å². The van der Waals surface area contributed by atoms with Crippen molar-refractivity contribution in [2.75, 3.05) is 6.54 Å². The Labute approximate surface area is 99.2 Å². The van der Waals surface area contributed by atoms with Gasteiger partial charge in [0.15, 0.2) is 0 Å². The van der Waals surface area contributed by atoms with Crippen molar-refractivity contribution in [3.63, 3.8) is 0 Å². The minimum Gasteiger partial charge on any atom is -0.207 e. The van der Waals surface area contributed by atoms with E-state index in [0.717, 1.165) is 0 Å². The summed E-state index contributed by atoms with van der Waals surface area (Å²) < 4.78 is 25.7. The summed E-state index contributed by atoms with van der Waals surface area (Å²) in [6, 6.07) is 5.91. The molecule has 1 N–H and O–H groups in total.